The topological polar surface area (TPSA) is 35.5 Å². The van der Waals surface area contributed by atoms with Crippen molar-refractivity contribution >= 4 is 5.97 Å². The van der Waals surface area contributed by atoms with Gasteiger partial charge in [0.25, 0.3) is 0 Å². The van der Waals surface area contributed by atoms with Gasteiger partial charge in [-0.25, -0.2) is 0 Å². The molecule has 0 aromatic carbocycles. The van der Waals surface area contributed by atoms with Crippen LogP contribution < -0.4 is 0 Å². The van der Waals surface area contributed by atoms with E-state index >= 15 is 0 Å². The van der Waals surface area contributed by atoms with Gasteiger partial charge in [-0.2, -0.15) is 0 Å². The van der Waals surface area contributed by atoms with Crippen LogP contribution in [-0.2, 0) is 14.3 Å². The Hall–Kier alpha value is -1.35. The fourth-order valence-corrected chi connectivity index (χ4v) is 3.48. The molecule has 3 heterocycles. The van der Waals surface area contributed by atoms with E-state index in [2.05, 4.69) is 19.2 Å². The van der Waals surface area contributed by atoms with Crippen LogP contribution in [0.25, 0.3) is 0 Å². The van der Waals surface area contributed by atoms with Gasteiger partial charge in [0.05, 0.1) is 18.1 Å². The third-order valence-electron chi connectivity index (χ3n) is 4.06. The molecule has 90 valence electrons. The Balaban J connectivity index is 2.00. The highest BCUT2D eigenvalue weighted by Gasteiger charge is 2.64. The van der Waals surface area contributed by atoms with E-state index in [0.29, 0.717) is 12.8 Å². The monoisotopic (exact) mass is 232 g/mol. The van der Waals surface area contributed by atoms with Crippen LogP contribution in [0, 0.1) is 11.8 Å². The van der Waals surface area contributed by atoms with Crippen molar-refractivity contribution in [3.63, 3.8) is 0 Å². The van der Waals surface area contributed by atoms with Crippen molar-refractivity contribution in [3.8, 4) is 0 Å². The summed E-state index contributed by atoms with van der Waals surface area (Å²) >= 11 is 0. The summed E-state index contributed by atoms with van der Waals surface area (Å²) in [5.74, 6) is -0.151. The molecular weight excluding hydrogens is 216 g/mol. The number of rotatable bonds is 4. The van der Waals surface area contributed by atoms with Gasteiger partial charge in [-0.05, 0) is 0 Å². The Labute approximate surface area is 101 Å². The van der Waals surface area contributed by atoms with E-state index < -0.39 is 5.60 Å². The fourth-order valence-electron chi connectivity index (χ4n) is 3.48. The van der Waals surface area contributed by atoms with Crippen LogP contribution >= 0.6 is 0 Å². The Morgan fingerprint density at radius 2 is 1.88 bits per heavy atom. The van der Waals surface area contributed by atoms with Crippen LogP contribution in [0.15, 0.2) is 37.5 Å². The molecule has 2 bridgehead atoms. The number of hydrogen-bond acceptors (Lipinski definition) is 3. The van der Waals surface area contributed by atoms with Crippen molar-refractivity contribution in [1.29, 1.82) is 0 Å². The first-order chi connectivity index (χ1) is 8.22. The molecule has 3 heteroatoms. The zero-order valence-electron chi connectivity index (χ0n) is 9.67. The normalized spacial score (nSPS) is 40.1. The molecule has 2 fully saturated rings. The minimum atomic E-state index is -0.491. The van der Waals surface area contributed by atoms with Gasteiger partial charge in [-0.15, -0.1) is 13.2 Å². The minimum absolute atomic E-state index is 0.0105. The number of ether oxygens (including phenoxy) is 2. The van der Waals surface area contributed by atoms with Crippen LogP contribution in [0.5, 0.6) is 0 Å². The van der Waals surface area contributed by atoms with Crippen molar-refractivity contribution in [2.75, 3.05) is 0 Å². The van der Waals surface area contributed by atoms with Crippen molar-refractivity contribution in [2.45, 2.75) is 30.7 Å². The highest BCUT2D eigenvalue weighted by Crippen LogP contribution is 2.54. The molecule has 2 saturated heterocycles. The Morgan fingerprint density at radius 3 is 2.53 bits per heavy atom. The van der Waals surface area contributed by atoms with E-state index in [4.69, 9.17) is 9.47 Å². The van der Waals surface area contributed by atoms with Gasteiger partial charge in [0.2, 0.25) is 0 Å². The lowest BCUT2D eigenvalue weighted by Gasteiger charge is -2.33. The Bertz CT molecular complexity index is 400. The molecule has 0 spiro atoms. The van der Waals surface area contributed by atoms with E-state index in [0.717, 1.165) is 0 Å². The molecule has 0 unspecified atom stereocenters. The lowest BCUT2D eigenvalue weighted by atomic mass is 9.72. The molecule has 17 heavy (non-hydrogen) atoms. The van der Waals surface area contributed by atoms with Crippen molar-refractivity contribution in [2.24, 2.45) is 11.8 Å². The molecule has 0 saturated carbocycles. The number of carbonyl (C=O) groups excluding carboxylic acids is 1. The zero-order chi connectivity index (χ0) is 12.0. The number of fused-ring (bicyclic) bond motifs is 5. The third-order valence-corrected chi connectivity index (χ3v) is 4.06. The second kappa shape index (κ2) is 3.57. The molecule has 3 nitrogen and oxygen atoms in total. The summed E-state index contributed by atoms with van der Waals surface area (Å²) in [4.78, 5) is 12.0. The molecule has 0 aromatic rings. The SMILES string of the molecule is C=CCC1(CC=C)OC(=O)[C@H]2[C@@H]1[C@@H]1C=C[C@H]2O1. The molecule has 0 N–H and O–H groups in total. The smallest absolute Gasteiger partial charge is 0.313 e. The van der Waals surface area contributed by atoms with Crippen LogP contribution in [-0.4, -0.2) is 23.8 Å². The second-order valence-electron chi connectivity index (χ2n) is 4.97. The Morgan fingerprint density at radius 1 is 1.24 bits per heavy atom. The van der Waals surface area contributed by atoms with Crippen molar-refractivity contribution in [1.82, 2.24) is 0 Å². The summed E-state index contributed by atoms with van der Waals surface area (Å²) in [6.45, 7) is 7.54. The first kappa shape index (κ1) is 10.8. The van der Waals surface area contributed by atoms with E-state index in [1.807, 2.05) is 18.2 Å². The summed E-state index contributed by atoms with van der Waals surface area (Å²) in [6, 6.07) is 0. The highest BCUT2D eigenvalue weighted by molar-refractivity contribution is 5.78. The maximum absolute atomic E-state index is 12.0. The van der Waals surface area contributed by atoms with Gasteiger partial charge in [0.1, 0.15) is 5.60 Å². The van der Waals surface area contributed by atoms with Crippen LogP contribution in [0.3, 0.4) is 0 Å². The number of hydrogen-bond donors (Lipinski definition) is 0. The molecule has 0 radical (unpaired) electrons. The summed E-state index contributed by atoms with van der Waals surface area (Å²) < 4.78 is 11.5. The molecule has 3 aliphatic heterocycles. The molecular formula is C14H16O3. The second-order valence-corrected chi connectivity index (χ2v) is 4.97. The predicted octanol–water partition coefficient (Wildman–Crippen LogP) is 2.00. The van der Waals surface area contributed by atoms with Crippen molar-refractivity contribution in [3.05, 3.63) is 37.5 Å². The maximum Gasteiger partial charge on any atom is 0.313 e. The molecule has 0 aliphatic carbocycles. The van der Waals surface area contributed by atoms with Gasteiger partial charge in [0, 0.05) is 18.8 Å². The number of cyclic esters (lactones) is 1. The summed E-state index contributed by atoms with van der Waals surface area (Å²) in [7, 11) is 0. The molecule has 3 rings (SSSR count). The quantitative estimate of drug-likeness (QED) is 0.549. The number of carbonyl (C=O) groups is 1. The first-order valence-corrected chi connectivity index (χ1v) is 6.00. The first-order valence-electron chi connectivity index (χ1n) is 6.00. The van der Waals surface area contributed by atoms with E-state index in [9.17, 15) is 4.79 Å². The fraction of sp³-hybridized carbons (Fsp3) is 0.500. The largest absolute Gasteiger partial charge is 0.458 e. The average Bonchev–Trinajstić information content (AvgIpc) is 2.93. The standard InChI is InChI=1S/C14H16O3/c1-3-7-14(8-4-2)12-10-6-5-9(16-10)11(12)13(15)17-14/h3-6,9-12H,1-2,7-8H2/t9-,10+,11-,12+/m1/s1. The van der Waals surface area contributed by atoms with Gasteiger partial charge in [-0.1, -0.05) is 24.3 Å². The lowest BCUT2D eigenvalue weighted by molar-refractivity contribution is -0.154. The van der Waals surface area contributed by atoms with Crippen molar-refractivity contribution < 1.29 is 14.3 Å². The Kier molecular flexibility index (Phi) is 2.26. The molecule has 0 amide bonds. The van der Waals surface area contributed by atoms with E-state index in [1.165, 1.54) is 0 Å². The molecule has 0 aromatic heterocycles. The highest BCUT2D eigenvalue weighted by atomic mass is 16.6. The number of esters is 1. The molecule has 3 aliphatic rings. The summed E-state index contributed by atoms with van der Waals surface area (Å²) in [6.07, 6.45) is 8.90. The van der Waals surface area contributed by atoms with Gasteiger partial charge in [-0.3, -0.25) is 4.79 Å². The van der Waals surface area contributed by atoms with Gasteiger partial charge in [0.15, 0.2) is 0 Å². The van der Waals surface area contributed by atoms with Crippen LogP contribution in [0.2, 0.25) is 0 Å². The minimum Gasteiger partial charge on any atom is -0.458 e. The van der Waals surface area contributed by atoms with E-state index in [1.54, 1.807) is 0 Å². The zero-order valence-corrected chi connectivity index (χ0v) is 9.67. The third kappa shape index (κ3) is 1.29. The average molecular weight is 232 g/mol. The summed E-state index contributed by atoms with van der Waals surface area (Å²) in [5, 5.41) is 0. The summed E-state index contributed by atoms with van der Waals surface area (Å²) in [5.41, 5.74) is -0.491. The lowest BCUT2D eigenvalue weighted by Crippen LogP contribution is -2.40. The van der Waals surface area contributed by atoms with Crippen LogP contribution in [0.1, 0.15) is 12.8 Å². The van der Waals surface area contributed by atoms with Crippen LogP contribution in [0.4, 0.5) is 0 Å². The molecule has 4 atom stereocenters. The van der Waals surface area contributed by atoms with E-state index in [-0.39, 0.29) is 30.0 Å². The van der Waals surface area contributed by atoms with Gasteiger partial charge < -0.3 is 9.47 Å². The predicted molar refractivity (Wildman–Crippen MR) is 63.2 cm³/mol. The van der Waals surface area contributed by atoms with Gasteiger partial charge >= 0.3 is 5.97 Å². The maximum atomic E-state index is 12.0.